The largest absolute Gasteiger partial charge is 0.508 e. The summed E-state index contributed by atoms with van der Waals surface area (Å²) in [7, 11) is 0. The van der Waals surface area contributed by atoms with E-state index in [-0.39, 0.29) is 12.0 Å². The molecule has 0 spiro atoms. The van der Waals surface area contributed by atoms with Crippen LogP contribution in [-0.4, -0.2) is 98.8 Å². The molecule has 11 rings (SSSR count). The SMILES string of the molecule is Cc1sc2c(c1C)C(c1ccc(N3CC(N4CCN(CCOc5ccc([C@@H]6c7ccc(O)cc7CC[C@@H]6c6ccccc6)cc5)CC4)C3)cc1)=NC(Cc1ncco1)c1nnc(C)n1-2. The van der Waals surface area contributed by atoms with E-state index in [0.29, 0.717) is 36.6 Å². The van der Waals surface area contributed by atoms with Gasteiger partial charge in [0.2, 0.25) is 0 Å². The van der Waals surface area contributed by atoms with Gasteiger partial charge in [0.05, 0.1) is 18.3 Å². The van der Waals surface area contributed by atoms with Gasteiger partial charge < -0.3 is 19.2 Å². The quantitative estimate of drug-likeness (QED) is 0.137. The summed E-state index contributed by atoms with van der Waals surface area (Å²) in [5, 5.41) is 20.4. The first-order valence-corrected chi connectivity index (χ1v) is 23.6. The number of fused-ring (bicyclic) bond motifs is 4. The van der Waals surface area contributed by atoms with E-state index in [1.54, 1.807) is 23.8 Å². The molecule has 1 N–H and O–H groups in total. The van der Waals surface area contributed by atoms with Crippen molar-refractivity contribution < 1.29 is 14.3 Å². The molecular formula is C52H54N8O3S. The Morgan fingerprint density at radius 2 is 1.66 bits per heavy atom. The van der Waals surface area contributed by atoms with Crippen molar-refractivity contribution in [3.05, 3.63) is 171 Å². The number of aryl methyl sites for hydroxylation is 3. The van der Waals surface area contributed by atoms with Crippen LogP contribution in [0.3, 0.4) is 0 Å². The van der Waals surface area contributed by atoms with Crippen LogP contribution in [0.5, 0.6) is 11.5 Å². The summed E-state index contributed by atoms with van der Waals surface area (Å²) in [6.07, 6.45) is 5.83. The van der Waals surface area contributed by atoms with Gasteiger partial charge in [0, 0.05) is 79.5 Å². The van der Waals surface area contributed by atoms with Crippen molar-refractivity contribution in [2.45, 2.75) is 64.0 Å². The first-order valence-electron chi connectivity index (χ1n) is 22.7. The lowest BCUT2D eigenvalue weighted by Crippen LogP contribution is -2.63. The van der Waals surface area contributed by atoms with Crippen molar-refractivity contribution in [2.75, 3.05) is 57.3 Å². The number of aromatic nitrogens is 4. The number of anilines is 1. The van der Waals surface area contributed by atoms with E-state index in [2.05, 4.69) is 133 Å². The molecule has 0 amide bonds. The maximum atomic E-state index is 10.2. The summed E-state index contributed by atoms with van der Waals surface area (Å²) in [4.78, 5) is 18.8. The molecule has 64 heavy (non-hydrogen) atoms. The number of rotatable bonds is 11. The molecule has 7 aromatic rings. The number of aliphatic imine (C=N–C) groups is 1. The fraction of sp³-hybridized carbons (Fsp3) is 0.346. The van der Waals surface area contributed by atoms with Gasteiger partial charge in [0.15, 0.2) is 11.7 Å². The second-order valence-electron chi connectivity index (χ2n) is 17.8. The highest BCUT2D eigenvalue weighted by Gasteiger charge is 2.36. The van der Waals surface area contributed by atoms with Crippen molar-refractivity contribution in [2.24, 2.45) is 4.99 Å². The second kappa shape index (κ2) is 17.1. The number of benzene rings is 4. The topological polar surface area (TPSA) is 108 Å². The number of hydrogen-bond donors (Lipinski definition) is 1. The molecule has 12 heteroatoms. The summed E-state index contributed by atoms with van der Waals surface area (Å²) >= 11 is 1.78. The van der Waals surface area contributed by atoms with Gasteiger partial charge in [0.25, 0.3) is 0 Å². The van der Waals surface area contributed by atoms with Crippen molar-refractivity contribution >= 4 is 22.7 Å². The lowest BCUT2D eigenvalue weighted by Gasteiger charge is -2.49. The van der Waals surface area contributed by atoms with E-state index < -0.39 is 0 Å². The van der Waals surface area contributed by atoms with Crippen LogP contribution in [-0.2, 0) is 12.8 Å². The van der Waals surface area contributed by atoms with E-state index in [1.807, 2.05) is 19.1 Å². The Hall–Kier alpha value is -6.08. The molecule has 6 heterocycles. The number of phenolic OH excluding ortho intramolecular Hbond substituents is 1. The van der Waals surface area contributed by atoms with E-state index in [4.69, 9.17) is 14.1 Å². The highest BCUT2D eigenvalue weighted by molar-refractivity contribution is 7.15. The van der Waals surface area contributed by atoms with Gasteiger partial charge in [-0.25, -0.2) is 4.98 Å². The van der Waals surface area contributed by atoms with Gasteiger partial charge >= 0.3 is 0 Å². The maximum Gasteiger partial charge on any atom is 0.196 e. The van der Waals surface area contributed by atoms with Crippen LogP contribution >= 0.6 is 11.3 Å². The normalized spacial score (nSPS) is 20.2. The Morgan fingerprint density at radius 3 is 2.42 bits per heavy atom. The Balaban J connectivity index is 0.686. The first-order chi connectivity index (χ1) is 31.3. The predicted octanol–water partition coefficient (Wildman–Crippen LogP) is 8.83. The number of thiophene rings is 1. The lowest BCUT2D eigenvalue weighted by atomic mass is 9.69. The summed E-state index contributed by atoms with van der Waals surface area (Å²) in [6.45, 7) is 14.3. The molecule has 2 saturated heterocycles. The highest BCUT2D eigenvalue weighted by atomic mass is 32.1. The standard InChI is InChI=1S/C52H54N8O3S/c1-33-34(2)64-52-48(33)50(54-46(30-47-53-21-27-63-47)51-56-55-35(3)60(51)52)38-9-14-40(15-10-38)59-31-41(32-59)58-24-22-57(23-25-58)26-28-62-43-17-11-37(12-18-43)49-44(36-7-5-4-6-8-36)19-13-39-29-42(61)16-20-45(39)49/h4-12,14-18,20-21,27,29,41,44,46,49,61H,13,19,22-26,28,30-32H2,1-3H3/t44-,46?,49+/m1/s1. The van der Waals surface area contributed by atoms with Crippen LogP contribution in [0, 0.1) is 20.8 Å². The molecule has 0 radical (unpaired) electrons. The zero-order valence-corrected chi connectivity index (χ0v) is 37.5. The van der Waals surface area contributed by atoms with Crippen LogP contribution in [0.4, 0.5) is 5.69 Å². The molecule has 0 bridgehead atoms. The third-order valence-corrected chi connectivity index (χ3v) is 15.3. The summed E-state index contributed by atoms with van der Waals surface area (Å²) in [5.74, 6) is 4.18. The maximum absolute atomic E-state index is 10.2. The monoisotopic (exact) mass is 870 g/mol. The number of hydrogen-bond acceptors (Lipinski definition) is 11. The zero-order valence-electron chi connectivity index (χ0n) is 36.7. The molecule has 0 saturated carbocycles. The summed E-state index contributed by atoms with van der Waals surface area (Å²) in [6, 6.07) is 34.8. The number of oxazole rings is 1. The number of aromatic hydroxyl groups is 1. The Labute approximate surface area is 378 Å². The average Bonchev–Trinajstić information content (AvgIpc) is 4.02. The lowest BCUT2D eigenvalue weighted by molar-refractivity contribution is 0.0755. The number of ether oxygens (including phenoxy) is 1. The third kappa shape index (κ3) is 7.71. The van der Waals surface area contributed by atoms with Gasteiger partial charge in [-0.05, 0) is 104 Å². The minimum absolute atomic E-state index is 0.234. The summed E-state index contributed by atoms with van der Waals surface area (Å²) < 4.78 is 14.2. The Morgan fingerprint density at radius 1 is 0.859 bits per heavy atom. The number of piperazine rings is 1. The fourth-order valence-electron chi connectivity index (χ4n) is 10.5. The smallest absolute Gasteiger partial charge is 0.196 e. The highest BCUT2D eigenvalue weighted by Crippen LogP contribution is 2.47. The van der Waals surface area contributed by atoms with E-state index in [9.17, 15) is 5.11 Å². The van der Waals surface area contributed by atoms with Crippen LogP contribution in [0.15, 0.2) is 119 Å². The molecule has 3 aliphatic heterocycles. The van der Waals surface area contributed by atoms with E-state index >= 15 is 0 Å². The first kappa shape index (κ1) is 40.7. The van der Waals surface area contributed by atoms with Gasteiger partial charge in [0.1, 0.15) is 41.2 Å². The van der Waals surface area contributed by atoms with E-state index in [1.165, 1.54) is 38.4 Å². The average molecular weight is 871 g/mol. The molecule has 3 atom stereocenters. The molecule has 3 aromatic heterocycles. The minimum atomic E-state index is -0.284. The summed E-state index contributed by atoms with van der Waals surface area (Å²) in [5.41, 5.74) is 10.9. The molecule has 1 unspecified atom stereocenters. The molecule has 2 fully saturated rings. The van der Waals surface area contributed by atoms with Gasteiger partial charge in [-0.3, -0.25) is 19.4 Å². The van der Waals surface area contributed by atoms with Gasteiger partial charge in [-0.15, -0.1) is 21.5 Å². The second-order valence-corrected chi connectivity index (χ2v) is 19.0. The predicted molar refractivity (Wildman–Crippen MR) is 252 cm³/mol. The Bertz CT molecular complexity index is 2770. The van der Waals surface area contributed by atoms with Crippen LogP contribution in [0.2, 0.25) is 0 Å². The van der Waals surface area contributed by atoms with Crippen LogP contribution < -0.4 is 9.64 Å². The van der Waals surface area contributed by atoms with Crippen molar-refractivity contribution in [3.8, 4) is 16.5 Å². The van der Waals surface area contributed by atoms with E-state index in [0.717, 1.165) is 97.9 Å². The van der Waals surface area contributed by atoms with Crippen molar-refractivity contribution in [1.82, 2.24) is 29.5 Å². The number of phenols is 1. The molecule has 326 valence electrons. The molecule has 11 nitrogen and oxygen atoms in total. The van der Waals surface area contributed by atoms with Gasteiger partial charge in [-0.1, -0.05) is 60.7 Å². The minimum Gasteiger partial charge on any atom is -0.508 e. The van der Waals surface area contributed by atoms with Crippen molar-refractivity contribution in [3.63, 3.8) is 0 Å². The molecule has 4 aromatic carbocycles. The van der Waals surface area contributed by atoms with Crippen molar-refractivity contribution in [1.29, 1.82) is 0 Å². The third-order valence-electron chi connectivity index (χ3n) is 14.1. The van der Waals surface area contributed by atoms with Crippen LogP contribution in [0.25, 0.3) is 5.00 Å². The molecule has 1 aliphatic carbocycles. The molecule has 4 aliphatic rings. The zero-order chi connectivity index (χ0) is 43.3. The molecular weight excluding hydrogens is 817 g/mol. The van der Waals surface area contributed by atoms with Crippen LogP contribution in [0.1, 0.15) is 85.7 Å². The number of nitrogens with zero attached hydrogens (tertiary/aromatic N) is 8. The van der Waals surface area contributed by atoms with Gasteiger partial charge in [-0.2, -0.15) is 0 Å². The fourth-order valence-corrected chi connectivity index (χ4v) is 11.7. The Kier molecular flexibility index (Phi) is 10.9.